The Bertz CT molecular complexity index is 731. The predicted octanol–water partition coefficient (Wildman–Crippen LogP) is 2.12. The first-order valence-corrected chi connectivity index (χ1v) is 7.88. The van der Waals surface area contributed by atoms with E-state index in [0.29, 0.717) is 12.0 Å². The third-order valence-electron chi connectivity index (χ3n) is 2.98. The van der Waals surface area contributed by atoms with Gasteiger partial charge in [-0.3, -0.25) is 4.79 Å². The highest BCUT2D eigenvalue weighted by Crippen LogP contribution is 2.27. The van der Waals surface area contributed by atoms with Crippen LogP contribution in [0, 0.1) is 6.92 Å². The van der Waals surface area contributed by atoms with Crippen LogP contribution in [0.15, 0.2) is 34.7 Å². The van der Waals surface area contributed by atoms with Crippen LogP contribution in [0.4, 0.5) is 0 Å². The molecule has 0 atom stereocenters. The third kappa shape index (κ3) is 3.34. The zero-order chi connectivity index (χ0) is 14.8. The van der Waals surface area contributed by atoms with Crippen molar-refractivity contribution in [1.29, 1.82) is 0 Å². The molecule has 2 rings (SSSR count). The van der Waals surface area contributed by atoms with Gasteiger partial charge in [0.15, 0.2) is 12.0 Å². The lowest BCUT2D eigenvalue weighted by Gasteiger charge is -2.10. The van der Waals surface area contributed by atoms with E-state index < -0.39 is 10.0 Å². The summed E-state index contributed by atoms with van der Waals surface area (Å²) in [6.07, 6.45) is 1.77. The molecule has 1 N–H and O–H groups in total. The summed E-state index contributed by atoms with van der Waals surface area (Å²) in [5, 5.41) is 0. The minimum absolute atomic E-state index is 0.222. The number of hydrogen-bond donors (Lipinski definition) is 1. The Hall–Kier alpha value is -1.92. The van der Waals surface area contributed by atoms with Gasteiger partial charge in [0.05, 0.1) is 6.26 Å². The topological polar surface area (TPSA) is 76.4 Å². The van der Waals surface area contributed by atoms with Gasteiger partial charge in [-0.25, -0.2) is 13.1 Å². The molecule has 0 aliphatic rings. The van der Waals surface area contributed by atoms with E-state index >= 15 is 0 Å². The van der Waals surface area contributed by atoms with Crippen LogP contribution < -0.4 is 4.72 Å². The Kier molecular flexibility index (Phi) is 4.06. The van der Waals surface area contributed by atoms with Gasteiger partial charge in [0.25, 0.3) is 0 Å². The molecule has 5 nitrogen and oxygen atoms in total. The van der Waals surface area contributed by atoms with Crippen LogP contribution in [-0.2, 0) is 16.6 Å². The molecule has 0 spiro atoms. The molecule has 0 fully saturated rings. The summed E-state index contributed by atoms with van der Waals surface area (Å²) in [4.78, 5) is 10.6. The van der Waals surface area contributed by atoms with Crippen LogP contribution in [0.1, 0.15) is 21.7 Å². The van der Waals surface area contributed by atoms with E-state index in [2.05, 4.69) is 4.72 Å². The minimum Gasteiger partial charge on any atom is -0.453 e. The van der Waals surface area contributed by atoms with E-state index in [1.165, 1.54) is 0 Å². The summed E-state index contributed by atoms with van der Waals surface area (Å²) in [6.45, 7) is 2.11. The molecular weight excluding hydrogens is 278 g/mol. The van der Waals surface area contributed by atoms with Crippen molar-refractivity contribution < 1.29 is 17.6 Å². The van der Waals surface area contributed by atoms with Gasteiger partial charge in [-0.05, 0) is 30.2 Å². The molecule has 0 saturated heterocycles. The fourth-order valence-corrected chi connectivity index (χ4v) is 2.33. The molecule has 6 heteroatoms. The third-order valence-corrected chi connectivity index (χ3v) is 3.65. The summed E-state index contributed by atoms with van der Waals surface area (Å²) < 4.78 is 30.1. The highest BCUT2D eigenvalue weighted by molar-refractivity contribution is 7.88. The number of rotatable bonds is 5. The van der Waals surface area contributed by atoms with Crippen molar-refractivity contribution in [3.05, 3.63) is 47.2 Å². The number of hydrogen-bond acceptors (Lipinski definition) is 4. The van der Waals surface area contributed by atoms with E-state index in [9.17, 15) is 13.2 Å². The molecule has 0 unspecified atom stereocenters. The quantitative estimate of drug-likeness (QED) is 0.857. The lowest BCUT2D eigenvalue weighted by Crippen LogP contribution is -2.21. The molecule has 1 heterocycles. The zero-order valence-corrected chi connectivity index (χ0v) is 12.0. The second kappa shape index (κ2) is 5.60. The second-order valence-electron chi connectivity index (χ2n) is 4.50. The monoisotopic (exact) mass is 293 g/mol. The molecule has 0 saturated carbocycles. The van der Waals surface area contributed by atoms with E-state index in [1.54, 1.807) is 12.1 Å². The average molecular weight is 293 g/mol. The highest BCUT2D eigenvalue weighted by atomic mass is 32.2. The Labute approximate surface area is 117 Å². The summed E-state index contributed by atoms with van der Waals surface area (Å²) in [5.74, 6) is 0.852. The first-order chi connectivity index (χ1) is 9.40. The van der Waals surface area contributed by atoms with Gasteiger partial charge < -0.3 is 4.42 Å². The average Bonchev–Trinajstić information content (AvgIpc) is 2.85. The predicted molar refractivity (Wildman–Crippen MR) is 76.0 cm³/mol. The fourth-order valence-electron chi connectivity index (χ4n) is 1.91. The highest BCUT2D eigenvalue weighted by Gasteiger charge is 2.11. The molecule has 0 bridgehead atoms. The van der Waals surface area contributed by atoms with Gasteiger partial charge in [-0.15, -0.1) is 0 Å². The van der Waals surface area contributed by atoms with E-state index in [0.717, 1.165) is 22.9 Å². The Morgan fingerprint density at radius 2 is 2.00 bits per heavy atom. The Balaban J connectivity index is 2.34. The number of aldehydes is 1. The van der Waals surface area contributed by atoms with E-state index in [1.807, 2.05) is 25.1 Å². The zero-order valence-electron chi connectivity index (χ0n) is 11.2. The van der Waals surface area contributed by atoms with Gasteiger partial charge in [-0.2, -0.15) is 0 Å². The van der Waals surface area contributed by atoms with Crippen molar-refractivity contribution in [3.63, 3.8) is 0 Å². The summed E-state index contributed by atoms with van der Waals surface area (Å²) in [5.41, 5.74) is 2.61. The molecule has 2 aromatic rings. The number of furan rings is 1. The fraction of sp³-hybridized carbons (Fsp3) is 0.214. The first kappa shape index (κ1) is 14.5. The van der Waals surface area contributed by atoms with Crippen LogP contribution in [0.2, 0.25) is 0 Å². The molecule has 106 valence electrons. The molecule has 0 aliphatic carbocycles. The van der Waals surface area contributed by atoms with Crippen molar-refractivity contribution in [2.45, 2.75) is 13.5 Å². The summed E-state index contributed by atoms with van der Waals surface area (Å²) in [7, 11) is -3.24. The van der Waals surface area contributed by atoms with Crippen molar-refractivity contribution in [1.82, 2.24) is 4.72 Å². The molecule has 0 amide bonds. The molecule has 1 aromatic carbocycles. The number of carbonyl (C=O) groups excluding carboxylic acids is 1. The number of sulfonamides is 1. The largest absolute Gasteiger partial charge is 0.453 e. The van der Waals surface area contributed by atoms with Gasteiger partial charge >= 0.3 is 0 Å². The van der Waals surface area contributed by atoms with Gasteiger partial charge in [-0.1, -0.05) is 18.2 Å². The maximum Gasteiger partial charge on any atom is 0.209 e. The first-order valence-electron chi connectivity index (χ1n) is 5.99. The van der Waals surface area contributed by atoms with Crippen molar-refractivity contribution in [2.75, 3.05) is 6.26 Å². The standard InChI is InChI=1S/C14H15NO4S/c1-10-11(8-15-20(2,17)18)4-3-5-13(10)14-7-6-12(9-16)19-14/h3-7,9,15H,8H2,1-2H3. The molecule has 0 radical (unpaired) electrons. The summed E-state index contributed by atoms with van der Waals surface area (Å²) >= 11 is 0. The van der Waals surface area contributed by atoms with Gasteiger partial charge in [0.2, 0.25) is 10.0 Å². The minimum atomic E-state index is -3.24. The van der Waals surface area contributed by atoms with E-state index in [4.69, 9.17) is 4.42 Å². The molecular formula is C14H15NO4S. The summed E-state index contributed by atoms with van der Waals surface area (Å²) in [6, 6.07) is 8.86. The van der Waals surface area contributed by atoms with Crippen LogP contribution >= 0.6 is 0 Å². The molecule has 20 heavy (non-hydrogen) atoms. The normalized spacial score (nSPS) is 11.5. The van der Waals surface area contributed by atoms with E-state index in [-0.39, 0.29) is 12.3 Å². The Morgan fingerprint density at radius 1 is 1.25 bits per heavy atom. The number of carbonyl (C=O) groups is 1. The molecule has 1 aromatic heterocycles. The SMILES string of the molecule is Cc1c(CNS(C)(=O)=O)cccc1-c1ccc(C=O)o1. The second-order valence-corrected chi connectivity index (χ2v) is 6.34. The van der Waals surface area contributed by atoms with Crippen LogP contribution in [0.3, 0.4) is 0 Å². The number of benzene rings is 1. The van der Waals surface area contributed by atoms with Crippen LogP contribution in [-0.4, -0.2) is 21.0 Å². The van der Waals surface area contributed by atoms with Crippen molar-refractivity contribution >= 4 is 16.3 Å². The van der Waals surface area contributed by atoms with Crippen molar-refractivity contribution in [2.24, 2.45) is 0 Å². The van der Waals surface area contributed by atoms with Gasteiger partial charge in [0, 0.05) is 12.1 Å². The van der Waals surface area contributed by atoms with Crippen LogP contribution in [0.25, 0.3) is 11.3 Å². The van der Waals surface area contributed by atoms with Gasteiger partial charge in [0.1, 0.15) is 5.76 Å². The Morgan fingerprint density at radius 3 is 2.60 bits per heavy atom. The smallest absolute Gasteiger partial charge is 0.209 e. The lowest BCUT2D eigenvalue weighted by atomic mass is 10.0. The lowest BCUT2D eigenvalue weighted by molar-refractivity contribution is 0.110. The van der Waals surface area contributed by atoms with Crippen LogP contribution in [0.5, 0.6) is 0 Å². The van der Waals surface area contributed by atoms with Crippen molar-refractivity contribution in [3.8, 4) is 11.3 Å². The maximum absolute atomic E-state index is 11.1. The number of nitrogens with one attached hydrogen (secondary N) is 1. The maximum atomic E-state index is 11.1. The molecule has 0 aliphatic heterocycles.